The standard InChI is InChI=1S/C12H13NO3/c1-3-15-11-9(2)13(12(14)16-11)10-7-5-4-6-8-10/h4-8H,3H2,1-2H3. The Balaban J connectivity index is 2.54. The highest BCUT2D eigenvalue weighted by atomic mass is 16.6. The number of nitrogens with zero attached hydrogens (tertiary/aromatic N) is 1. The summed E-state index contributed by atoms with van der Waals surface area (Å²) in [5.41, 5.74) is 1.46. The molecule has 4 heteroatoms. The van der Waals surface area contributed by atoms with Crippen LogP contribution in [0.4, 0.5) is 0 Å². The zero-order valence-electron chi connectivity index (χ0n) is 9.27. The Labute approximate surface area is 93.1 Å². The van der Waals surface area contributed by atoms with Gasteiger partial charge in [0, 0.05) is 0 Å². The van der Waals surface area contributed by atoms with E-state index in [1.54, 1.807) is 6.92 Å². The summed E-state index contributed by atoms with van der Waals surface area (Å²) in [5.74, 6) is -0.136. The van der Waals surface area contributed by atoms with E-state index >= 15 is 0 Å². The summed E-state index contributed by atoms with van der Waals surface area (Å²) >= 11 is 0. The molecule has 2 rings (SSSR count). The average molecular weight is 219 g/mol. The predicted molar refractivity (Wildman–Crippen MR) is 60.2 cm³/mol. The van der Waals surface area contributed by atoms with Crippen LogP contribution in [0.5, 0.6) is 5.95 Å². The fourth-order valence-electron chi connectivity index (χ4n) is 1.57. The van der Waals surface area contributed by atoms with Crippen LogP contribution in [-0.2, 0) is 0 Å². The Hall–Kier alpha value is -1.97. The van der Waals surface area contributed by atoms with Gasteiger partial charge < -0.3 is 9.15 Å². The van der Waals surface area contributed by atoms with E-state index < -0.39 is 5.76 Å². The highest BCUT2D eigenvalue weighted by Gasteiger charge is 2.14. The first-order valence-electron chi connectivity index (χ1n) is 5.14. The van der Waals surface area contributed by atoms with Crippen LogP contribution in [0.15, 0.2) is 39.5 Å². The van der Waals surface area contributed by atoms with E-state index in [9.17, 15) is 4.79 Å². The van der Waals surface area contributed by atoms with Crippen LogP contribution in [0.2, 0.25) is 0 Å². The molecule has 0 bridgehead atoms. The van der Waals surface area contributed by atoms with Gasteiger partial charge in [-0.3, -0.25) is 0 Å². The third-order valence-electron chi connectivity index (χ3n) is 2.28. The van der Waals surface area contributed by atoms with Crippen LogP contribution in [0.25, 0.3) is 5.69 Å². The first-order valence-corrected chi connectivity index (χ1v) is 5.14. The molecule has 84 valence electrons. The number of para-hydroxylation sites is 1. The number of rotatable bonds is 3. The molecule has 0 saturated heterocycles. The minimum Gasteiger partial charge on any atom is -0.464 e. The van der Waals surface area contributed by atoms with Gasteiger partial charge in [-0.2, -0.15) is 0 Å². The van der Waals surface area contributed by atoms with Crippen molar-refractivity contribution in [1.29, 1.82) is 0 Å². The summed E-state index contributed by atoms with van der Waals surface area (Å²) in [7, 11) is 0. The van der Waals surface area contributed by atoms with Gasteiger partial charge in [0.05, 0.1) is 12.3 Å². The monoisotopic (exact) mass is 219 g/mol. The molecule has 0 aliphatic carbocycles. The molecule has 0 aliphatic heterocycles. The van der Waals surface area contributed by atoms with Crippen molar-refractivity contribution in [3.8, 4) is 11.6 Å². The Morgan fingerprint density at radius 3 is 2.62 bits per heavy atom. The summed E-state index contributed by atoms with van der Waals surface area (Å²) in [6, 6.07) is 9.33. The summed E-state index contributed by atoms with van der Waals surface area (Å²) in [4.78, 5) is 11.7. The lowest BCUT2D eigenvalue weighted by atomic mass is 10.3. The molecular weight excluding hydrogens is 206 g/mol. The topological polar surface area (TPSA) is 44.4 Å². The molecule has 0 unspecified atom stereocenters. The maximum absolute atomic E-state index is 11.7. The van der Waals surface area contributed by atoms with E-state index in [-0.39, 0.29) is 5.95 Å². The second kappa shape index (κ2) is 4.26. The van der Waals surface area contributed by atoms with Crippen LogP contribution in [0.1, 0.15) is 12.6 Å². The fourth-order valence-corrected chi connectivity index (χ4v) is 1.57. The number of oxazole rings is 1. The highest BCUT2D eigenvalue weighted by Crippen LogP contribution is 2.19. The minimum absolute atomic E-state index is 0.288. The van der Waals surface area contributed by atoms with Gasteiger partial charge in [0.15, 0.2) is 0 Å². The molecule has 0 radical (unpaired) electrons. The third kappa shape index (κ3) is 1.74. The molecule has 4 nitrogen and oxygen atoms in total. The van der Waals surface area contributed by atoms with Gasteiger partial charge in [-0.15, -0.1) is 0 Å². The summed E-state index contributed by atoms with van der Waals surface area (Å²) in [5, 5.41) is 0. The number of hydrogen-bond donors (Lipinski definition) is 0. The third-order valence-corrected chi connectivity index (χ3v) is 2.28. The van der Waals surface area contributed by atoms with Crippen LogP contribution in [-0.4, -0.2) is 11.2 Å². The molecule has 1 aromatic carbocycles. The normalized spacial score (nSPS) is 10.4. The second-order valence-corrected chi connectivity index (χ2v) is 3.34. The van der Waals surface area contributed by atoms with Crippen molar-refractivity contribution >= 4 is 0 Å². The van der Waals surface area contributed by atoms with E-state index in [1.165, 1.54) is 4.57 Å². The molecule has 0 spiro atoms. The van der Waals surface area contributed by atoms with Crippen molar-refractivity contribution in [3.05, 3.63) is 46.6 Å². The summed E-state index contributed by atoms with van der Waals surface area (Å²) < 4.78 is 11.7. The van der Waals surface area contributed by atoms with Crippen LogP contribution >= 0.6 is 0 Å². The van der Waals surface area contributed by atoms with Crippen LogP contribution < -0.4 is 10.5 Å². The van der Waals surface area contributed by atoms with Gasteiger partial charge in [-0.1, -0.05) is 18.2 Å². The fraction of sp³-hybridized carbons (Fsp3) is 0.250. The highest BCUT2D eigenvalue weighted by molar-refractivity contribution is 5.35. The van der Waals surface area contributed by atoms with Crippen LogP contribution in [0, 0.1) is 6.92 Å². The second-order valence-electron chi connectivity index (χ2n) is 3.34. The lowest BCUT2D eigenvalue weighted by Gasteiger charge is -2.02. The van der Waals surface area contributed by atoms with Crippen molar-refractivity contribution in [2.75, 3.05) is 6.61 Å². The molecule has 0 fully saturated rings. The lowest BCUT2D eigenvalue weighted by molar-refractivity contribution is 0.248. The smallest absolute Gasteiger partial charge is 0.426 e. The van der Waals surface area contributed by atoms with Crippen molar-refractivity contribution in [3.63, 3.8) is 0 Å². The summed E-state index contributed by atoms with van der Waals surface area (Å²) in [6.45, 7) is 4.12. The number of benzene rings is 1. The molecule has 0 aliphatic rings. The molecule has 1 heterocycles. The van der Waals surface area contributed by atoms with Crippen molar-refractivity contribution < 1.29 is 9.15 Å². The largest absolute Gasteiger partial charge is 0.464 e. The zero-order chi connectivity index (χ0) is 11.5. The van der Waals surface area contributed by atoms with E-state index in [0.29, 0.717) is 12.3 Å². The van der Waals surface area contributed by atoms with Crippen molar-refractivity contribution in [2.24, 2.45) is 0 Å². The molecule has 1 aromatic heterocycles. The van der Waals surface area contributed by atoms with Gasteiger partial charge in [0.1, 0.15) is 5.69 Å². The minimum atomic E-state index is -0.424. The van der Waals surface area contributed by atoms with Gasteiger partial charge in [0.25, 0.3) is 0 Å². The van der Waals surface area contributed by atoms with E-state index in [1.807, 2.05) is 37.3 Å². The SMILES string of the molecule is CCOc1oc(=O)n(-c2ccccc2)c1C. The van der Waals surface area contributed by atoms with Gasteiger partial charge in [-0.25, -0.2) is 9.36 Å². The Kier molecular flexibility index (Phi) is 2.81. The molecule has 2 aromatic rings. The lowest BCUT2D eigenvalue weighted by Crippen LogP contribution is -2.12. The van der Waals surface area contributed by atoms with Crippen molar-refractivity contribution in [2.45, 2.75) is 13.8 Å². The van der Waals surface area contributed by atoms with Crippen LogP contribution in [0.3, 0.4) is 0 Å². The molecule has 0 saturated carbocycles. The molecule has 0 amide bonds. The van der Waals surface area contributed by atoms with E-state index in [4.69, 9.17) is 9.15 Å². The first-order chi connectivity index (χ1) is 7.74. The van der Waals surface area contributed by atoms with E-state index in [2.05, 4.69) is 0 Å². The Bertz CT molecular complexity index is 525. The Morgan fingerprint density at radius 2 is 2.00 bits per heavy atom. The van der Waals surface area contributed by atoms with Gasteiger partial charge in [-0.05, 0) is 26.0 Å². The number of aromatic nitrogens is 1. The van der Waals surface area contributed by atoms with E-state index in [0.717, 1.165) is 5.69 Å². The molecule has 16 heavy (non-hydrogen) atoms. The van der Waals surface area contributed by atoms with Gasteiger partial charge in [0.2, 0.25) is 0 Å². The maximum Gasteiger partial charge on any atom is 0.426 e. The first kappa shape index (κ1) is 10.5. The molecule has 0 atom stereocenters. The quantitative estimate of drug-likeness (QED) is 0.794. The summed E-state index contributed by atoms with van der Waals surface area (Å²) in [6.07, 6.45) is 0. The maximum atomic E-state index is 11.7. The number of ether oxygens (including phenoxy) is 1. The average Bonchev–Trinajstić information content (AvgIpc) is 2.56. The predicted octanol–water partition coefficient (Wildman–Crippen LogP) is 2.14. The zero-order valence-corrected chi connectivity index (χ0v) is 9.27. The Morgan fingerprint density at radius 1 is 1.31 bits per heavy atom. The molecule has 0 N–H and O–H groups in total. The van der Waals surface area contributed by atoms with Crippen molar-refractivity contribution in [1.82, 2.24) is 4.57 Å². The molecular formula is C12H13NO3. The number of hydrogen-bond acceptors (Lipinski definition) is 3. The van der Waals surface area contributed by atoms with Gasteiger partial charge >= 0.3 is 11.7 Å².